The molecule has 22 heavy (non-hydrogen) atoms. The van der Waals surface area contributed by atoms with Crippen LogP contribution in [0.4, 0.5) is 0 Å². The predicted octanol–water partition coefficient (Wildman–Crippen LogP) is 3.83. The first-order valence-electron chi connectivity index (χ1n) is 8.37. The van der Waals surface area contributed by atoms with Crippen molar-refractivity contribution < 1.29 is 4.79 Å². The molecule has 0 radical (unpaired) electrons. The monoisotopic (exact) mass is 322 g/mol. The van der Waals surface area contributed by atoms with Gasteiger partial charge < -0.3 is 10.2 Å². The van der Waals surface area contributed by atoms with E-state index in [0.717, 1.165) is 24.4 Å². The molecule has 2 rings (SSSR count). The molecule has 1 N–H and O–H groups in total. The molecule has 1 saturated heterocycles. The number of hydrogen-bond acceptors (Lipinski definition) is 2. The van der Waals surface area contributed by atoms with Crippen LogP contribution in [0.15, 0.2) is 24.3 Å². The van der Waals surface area contributed by atoms with Crippen LogP contribution in [-0.4, -0.2) is 37.5 Å². The van der Waals surface area contributed by atoms with Gasteiger partial charge in [-0.1, -0.05) is 30.2 Å². The Morgan fingerprint density at radius 3 is 2.77 bits per heavy atom. The molecule has 0 aromatic heterocycles. The van der Waals surface area contributed by atoms with E-state index in [1.807, 2.05) is 18.2 Å². The lowest BCUT2D eigenvalue weighted by Crippen LogP contribution is -2.30. The first-order valence-corrected chi connectivity index (χ1v) is 8.75. The Bertz CT molecular complexity index is 472. The summed E-state index contributed by atoms with van der Waals surface area (Å²) in [7, 11) is 1.70. The smallest absolute Gasteiger partial charge is 0.220 e. The minimum Gasteiger partial charge on any atom is -0.359 e. The topological polar surface area (TPSA) is 32.3 Å². The zero-order valence-corrected chi connectivity index (χ0v) is 14.2. The van der Waals surface area contributed by atoms with Crippen LogP contribution in [0, 0.1) is 0 Å². The van der Waals surface area contributed by atoms with Gasteiger partial charge in [0, 0.05) is 18.5 Å². The number of likely N-dealkylation sites (tertiary alicyclic amines) is 1. The molecule has 1 amide bonds. The van der Waals surface area contributed by atoms with Crippen LogP contribution in [0.25, 0.3) is 0 Å². The molecule has 1 fully saturated rings. The normalized spacial score (nSPS) is 17.2. The molecule has 4 heteroatoms. The number of amides is 1. The number of benzene rings is 1. The zero-order valence-electron chi connectivity index (χ0n) is 13.5. The molecule has 0 spiro atoms. The van der Waals surface area contributed by atoms with E-state index < -0.39 is 0 Å². The summed E-state index contributed by atoms with van der Waals surface area (Å²) in [5, 5.41) is 3.48. The summed E-state index contributed by atoms with van der Waals surface area (Å²) in [6.07, 6.45) is 6.74. The molecule has 3 nitrogen and oxygen atoms in total. The number of carbonyl (C=O) groups is 1. The highest BCUT2D eigenvalue weighted by Crippen LogP contribution is 2.27. The molecular weight excluding hydrogens is 296 g/mol. The van der Waals surface area contributed by atoms with Gasteiger partial charge in [-0.2, -0.15) is 0 Å². The molecule has 0 aliphatic carbocycles. The van der Waals surface area contributed by atoms with Crippen LogP contribution < -0.4 is 5.32 Å². The van der Waals surface area contributed by atoms with Gasteiger partial charge in [0.25, 0.3) is 0 Å². The second kappa shape index (κ2) is 9.16. The van der Waals surface area contributed by atoms with Crippen molar-refractivity contribution in [1.82, 2.24) is 10.2 Å². The number of piperidine rings is 1. The third-order valence-corrected chi connectivity index (χ3v) is 4.74. The standard InChI is InChI=1S/C18H27ClN2O/c1-20-18(22)14-16(15-7-5-9-17(19)13-15)8-6-12-21-10-3-2-4-11-21/h5,7,9,13,16H,2-4,6,8,10-12,14H2,1H3,(H,20,22)/t16-/m0/s1. The SMILES string of the molecule is CNC(=O)C[C@H](CCCN1CCCCC1)c1cccc(Cl)c1. The molecule has 0 saturated carbocycles. The van der Waals surface area contributed by atoms with Crippen LogP contribution in [0.3, 0.4) is 0 Å². The number of carbonyl (C=O) groups excluding carboxylic acids is 1. The maximum atomic E-state index is 11.8. The fraction of sp³-hybridized carbons (Fsp3) is 0.611. The van der Waals surface area contributed by atoms with Crippen molar-refractivity contribution >= 4 is 17.5 Å². The average molecular weight is 323 g/mol. The highest BCUT2D eigenvalue weighted by Gasteiger charge is 2.17. The van der Waals surface area contributed by atoms with Gasteiger partial charge in [0.05, 0.1) is 0 Å². The second-order valence-electron chi connectivity index (χ2n) is 6.17. The zero-order chi connectivity index (χ0) is 15.8. The number of halogens is 1. The molecule has 1 atom stereocenters. The van der Waals surface area contributed by atoms with Crippen LogP contribution in [-0.2, 0) is 4.79 Å². The largest absolute Gasteiger partial charge is 0.359 e. The molecule has 0 bridgehead atoms. The maximum Gasteiger partial charge on any atom is 0.220 e. The molecular formula is C18H27ClN2O. The number of rotatable bonds is 7. The quantitative estimate of drug-likeness (QED) is 0.827. The average Bonchev–Trinajstić information content (AvgIpc) is 2.54. The highest BCUT2D eigenvalue weighted by molar-refractivity contribution is 6.30. The summed E-state index contributed by atoms with van der Waals surface area (Å²) in [4.78, 5) is 14.3. The van der Waals surface area contributed by atoms with Gasteiger partial charge >= 0.3 is 0 Å². The lowest BCUT2D eigenvalue weighted by molar-refractivity contribution is -0.121. The van der Waals surface area contributed by atoms with Crippen LogP contribution in [0.5, 0.6) is 0 Å². The van der Waals surface area contributed by atoms with E-state index in [4.69, 9.17) is 11.6 Å². The number of hydrogen-bond donors (Lipinski definition) is 1. The van der Waals surface area contributed by atoms with E-state index in [0.29, 0.717) is 6.42 Å². The third-order valence-electron chi connectivity index (χ3n) is 4.51. The van der Waals surface area contributed by atoms with Crippen molar-refractivity contribution in [1.29, 1.82) is 0 Å². The van der Waals surface area contributed by atoms with Gasteiger partial charge in [0.2, 0.25) is 5.91 Å². The van der Waals surface area contributed by atoms with Gasteiger partial charge in [0.1, 0.15) is 0 Å². The van der Waals surface area contributed by atoms with Crippen molar-refractivity contribution in [2.24, 2.45) is 0 Å². The third kappa shape index (κ3) is 5.62. The Kier molecular flexibility index (Phi) is 7.20. The number of nitrogens with one attached hydrogen (secondary N) is 1. The number of nitrogens with zero attached hydrogens (tertiary/aromatic N) is 1. The fourth-order valence-electron chi connectivity index (χ4n) is 3.22. The Morgan fingerprint density at radius 1 is 1.32 bits per heavy atom. The Labute approximate surface area is 139 Å². The predicted molar refractivity (Wildman–Crippen MR) is 92.4 cm³/mol. The minimum atomic E-state index is 0.1000. The van der Waals surface area contributed by atoms with E-state index in [9.17, 15) is 4.79 Å². The summed E-state index contributed by atoms with van der Waals surface area (Å²) in [6.45, 7) is 3.61. The van der Waals surface area contributed by atoms with E-state index in [1.54, 1.807) is 7.05 Å². The molecule has 1 aliphatic heterocycles. The molecule has 1 aromatic carbocycles. The summed E-state index contributed by atoms with van der Waals surface area (Å²) < 4.78 is 0. The van der Waals surface area contributed by atoms with Crippen molar-refractivity contribution in [3.8, 4) is 0 Å². The minimum absolute atomic E-state index is 0.1000. The van der Waals surface area contributed by atoms with Gasteiger partial charge in [-0.05, 0) is 68.9 Å². The Hall–Kier alpha value is -1.06. The highest BCUT2D eigenvalue weighted by atomic mass is 35.5. The van der Waals surface area contributed by atoms with Gasteiger partial charge in [0.15, 0.2) is 0 Å². The molecule has 0 unspecified atom stereocenters. The van der Waals surface area contributed by atoms with Gasteiger partial charge in [-0.3, -0.25) is 4.79 Å². The van der Waals surface area contributed by atoms with Crippen LogP contribution in [0.1, 0.15) is 50.0 Å². The van der Waals surface area contributed by atoms with Gasteiger partial charge in [-0.15, -0.1) is 0 Å². The summed E-state index contributed by atoms with van der Waals surface area (Å²) in [6, 6.07) is 7.94. The van der Waals surface area contributed by atoms with E-state index >= 15 is 0 Å². The van der Waals surface area contributed by atoms with Crippen molar-refractivity contribution in [3.63, 3.8) is 0 Å². The molecule has 122 valence electrons. The van der Waals surface area contributed by atoms with Crippen molar-refractivity contribution in [2.75, 3.05) is 26.7 Å². The first kappa shape index (κ1) is 17.3. The van der Waals surface area contributed by atoms with E-state index in [2.05, 4.69) is 16.3 Å². The van der Waals surface area contributed by atoms with Crippen molar-refractivity contribution in [3.05, 3.63) is 34.9 Å². The van der Waals surface area contributed by atoms with E-state index in [-0.39, 0.29) is 11.8 Å². The maximum absolute atomic E-state index is 11.8. The summed E-state index contributed by atoms with van der Waals surface area (Å²) in [5.74, 6) is 0.353. The molecule has 1 heterocycles. The van der Waals surface area contributed by atoms with Crippen LogP contribution >= 0.6 is 11.6 Å². The molecule has 1 aromatic rings. The molecule has 1 aliphatic rings. The van der Waals surface area contributed by atoms with Gasteiger partial charge in [-0.25, -0.2) is 0 Å². The van der Waals surface area contributed by atoms with Crippen LogP contribution in [0.2, 0.25) is 5.02 Å². The van der Waals surface area contributed by atoms with Crippen molar-refractivity contribution in [2.45, 2.75) is 44.4 Å². The Morgan fingerprint density at radius 2 is 2.09 bits per heavy atom. The summed E-state index contributed by atoms with van der Waals surface area (Å²) in [5.41, 5.74) is 1.18. The summed E-state index contributed by atoms with van der Waals surface area (Å²) >= 11 is 6.11. The van der Waals surface area contributed by atoms with E-state index in [1.165, 1.54) is 37.9 Å². The first-order chi connectivity index (χ1) is 10.7. The fourth-order valence-corrected chi connectivity index (χ4v) is 3.42. The lowest BCUT2D eigenvalue weighted by Gasteiger charge is -2.27. The second-order valence-corrected chi connectivity index (χ2v) is 6.61. The Balaban J connectivity index is 1.90. The lowest BCUT2D eigenvalue weighted by atomic mass is 9.90.